The van der Waals surface area contributed by atoms with Crippen molar-refractivity contribution >= 4 is 20.0 Å². The first-order valence-corrected chi connectivity index (χ1v) is 13.7. The third-order valence-electron chi connectivity index (χ3n) is 6.35. The first-order chi connectivity index (χ1) is 14.8. The molecular formula is C24H45O6P. The highest BCUT2D eigenvalue weighted by molar-refractivity contribution is 7.38. The molecule has 6 nitrogen and oxygen atoms in total. The van der Waals surface area contributed by atoms with Gasteiger partial charge in [0.25, 0.3) is 5.66 Å². The average Bonchev–Trinajstić information content (AvgIpc) is 2.70. The number of aliphatic carboxylic acids is 2. The maximum atomic E-state index is 12.2. The van der Waals surface area contributed by atoms with Crippen LogP contribution in [0.1, 0.15) is 129 Å². The van der Waals surface area contributed by atoms with Gasteiger partial charge in [0.15, 0.2) is 0 Å². The minimum atomic E-state index is -3.37. The Morgan fingerprint density at radius 2 is 1.03 bits per heavy atom. The molecule has 2 N–H and O–H groups in total. The van der Waals surface area contributed by atoms with Crippen molar-refractivity contribution in [1.82, 2.24) is 0 Å². The number of carbonyl (C=O) groups is 2. The van der Waals surface area contributed by atoms with Crippen LogP contribution < -0.4 is 4.89 Å². The predicted octanol–water partition coefficient (Wildman–Crippen LogP) is 6.67. The van der Waals surface area contributed by atoms with Crippen LogP contribution in [0.15, 0.2) is 0 Å². The Balaban J connectivity index is 4.84. The van der Waals surface area contributed by atoms with Crippen molar-refractivity contribution in [3.63, 3.8) is 0 Å². The molecular weight excluding hydrogens is 415 g/mol. The summed E-state index contributed by atoms with van der Waals surface area (Å²) in [6.45, 7) is 4.33. The van der Waals surface area contributed by atoms with E-state index >= 15 is 0 Å². The molecule has 0 saturated heterocycles. The van der Waals surface area contributed by atoms with E-state index in [1.807, 2.05) is 0 Å². The quantitative estimate of drug-likeness (QED) is 0.138. The summed E-state index contributed by atoms with van der Waals surface area (Å²) in [7, 11) is -3.37. The molecule has 7 heteroatoms. The Morgan fingerprint density at radius 3 is 1.29 bits per heavy atom. The van der Waals surface area contributed by atoms with Crippen LogP contribution in [0, 0.1) is 5.41 Å². The molecule has 0 aliphatic carbocycles. The molecule has 0 aliphatic rings. The zero-order valence-electron chi connectivity index (χ0n) is 19.8. The monoisotopic (exact) mass is 460 g/mol. The standard InChI is InChI=1S/C24H45O6P/c1-3-5-7-9-11-13-15-17-19-24(23(27)28,21(22(25)26)31(29)30)20-18-16-14-12-10-8-6-4-2/h21H,3-20H2,1-2H3,(H,25,26)(H,27,28). The second-order valence-corrected chi connectivity index (χ2v) is 10.0. The van der Waals surface area contributed by atoms with Crippen molar-refractivity contribution in [3.8, 4) is 0 Å². The Labute approximate surface area is 190 Å². The van der Waals surface area contributed by atoms with Crippen molar-refractivity contribution in [2.24, 2.45) is 5.41 Å². The van der Waals surface area contributed by atoms with Gasteiger partial charge in [0.2, 0.25) is 0 Å². The summed E-state index contributed by atoms with van der Waals surface area (Å²) in [5, 5.41) is 19.5. The van der Waals surface area contributed by atoms with Gasteiger partial charge in [-0.05, 0) is 12.8 Å². The van der Waals surface area contributed by atoms with Crippen molar-refractivity contribution in [1.29, 1.82) is 0 Å². The van der Waals surface area contributed by atoms with Crippen LogP contribution in [-0.2, 0) is 14.2 Å². The lowest BCUT2D eigenvalue weighted by atomic mass is 9.74. The van der Waals surface area contributed by atoms with Crippen LogP contribution in [0.4, 0.5) is 0 Å². The first-order valence-electron chi connectivity index (χ1n) is 12.4. The van der Waals surface area contributed by atoms with E-state index in [2.05, 4.69) is 13.8 Å². The number of hydrogen-bond acceptors (Lipinski definition) is 4. The van der Waals surface area contributed by atoms with Crippen LogP contribution >= 0.6 is 8.03 Å². The van der Waals surface area contributed by atoms with Crippen molar-refractivity contribution in [2.45, 2.75) is 135 Å². The van der Waals surface area contributed by atoms with Gasteiger partial charge >= 0.3 is 20.0 Å². The summed E-state index contributed by atoms with van der Waals surface area (Å²) < 4.78 is 11.8. The summed E-state index contributed by atoms with van der Waals surface area (Å²) >= 11 is 0. The van der Waals surface area contributed by atoms with E-state index in [9.17, 15) is 29.3 Å². The van der Waals surface area contributed by atoms with Crippen LogP contribution in [0.3, 0.4) is 0 Å². The molecule has 0 aromatic carbocycles. The van der Waals surface area contributed by atoms with E-state index in [1.165, 1.54) is 38.5 Å². The molecule has 0 bridgehead atoms. The summed E-state index contributed by atoms with van der Waals surface area (Å²) in [6, 6.07) is 0. The lowest BCUT2D eigenvalue weighted by Crippen LogP contribution is -2.46. The van der Waals surface area contributed by atoms with Crippen LogP contribution in [-0.4, -0.2) is 27.8 Å². The van der Waals surface area contributed by atoms with Gasteiger partial charge in [0, 0.05) is 0 Å². The van der Waals surface area contributed by atoms with E-state index < -0.39 is 31.0 Å². The molecule has 0 aromatic heterocycles. The largest absolute Gasteiger partial charge is 0.595 e. The Morgan fingerprint density at radius 1 is 0.710 bits per heavy atom. The number of hydrogen-bond donors (Lipinski definition) is 2. The highest BCUT2D eigenvalue weighted by Gasteiger charge is 2.56. The molecule has 0 amide bonds. The topological polar surface area (TPSA) is 115 Å². The Kier molecular flexibility index (Phi) is 18.0. The van der Waals surface area contributed by atoms with Gasteiger partial charge in [0.05, 0.1) is 0 Å². The highest BCUT2D eigenvalue weighted by Crippen LogP contribution is 2.44. The summed E-state index contributed by atoms with van der Waals surface area (Å²) in [6.07, 6.45) is 16.5. The number of carboxylic acid groups (broad SMARTS) is 2. The summed E-state index contributed by atoms with van der Waals surface area (Å²) in [4.78, 5) is 35.7. The molecule has 2 atom stereocenters. The fourth-order valence-corrected chi connectivity index (χ4v) is 5.36. The van der Waals surface area contributed by atoms with Gasteiger partial charge in [0.1, 0.15) is 5.41 Å². The number of carboxylic acids is 2. The van der Waals surface area contributed by atoms with E-state index in [0.29, 0.717) is 12.8 Å². The van der Waals surface area contributed by atoms with Crippen LogP contribution in [0.25, 0.3) is 0 Å². The number of unbranched alkanes of at least 4 members (excludes halogenated alkanes) is 14. The van der Waals surface area contributed by atoms with Gasteiger partial charge in [-0.15, -0.1) is 0 Å². The lowest BCUT2D eigenvalue weighted by Gasteiger charge is -2.30. The Bertz CT molecular complexity index is 474. The van der Waals surface area contributed by atoms with Crippen molar-refractivity contribution in [3.05, 3.63) is 0 Å². The van der Waals surface area contributed by atoms with Gasteiger partial charge in [-0.3, -0.25) is 4.79 Å². The zero-order chi connectivity index (χ0) is 23.5. The van der Waals surface area contributed by atoms with E-state index in [1.54, 1.807) is 0 Å². The SMILES string of the molecule is CCCCCCCCCCC(CCCCCCCCCC)(C(=O)O)C(C(=O)O)[P+](=O)[O-]. The molecule has 0 heterocycles. The Hall–Kier alpha value is -1.00. The molecule has 0 saturated carbocycles. The summed E-state index contributed by atoms with van der Waals surface area (Å²) in [5.74, 6) is -2.83. The highest BCUT2D eigenvalue weighted by atomic mass is 31.1. The van der Waals surface area contributed by atoms with Crippen LogP contribution in [0.2, 0.25) is 0 Å². The van der Waals surface area contributed by atoms with Crippen molar-refractivity contribution < 1.29 is 29.3 Å². The molecule has 0 fully saturated rings. The minimum absolute atomic E-state index is 0.105. The smallest absolute Gasteiger partial charge is 0.356 e. The van der Waals surface area contributed by atoms with Gasteiger partial charge in [-0.25, -0.2) is 4.79 Å². The van der Waals surface area contributed by atoms with Crippen LogP contribution in [0.5, 0.6) is 0 Å². The lowest BCUT2D eigenvalue weighted by molar-refractivity contribution is -0.177. The molecule has 0 radical (unpaired) electrons. The molecule has 0 spiro atoms. The van der Waals surface area contributed by atoms with E-state index in [0.717, 1.165) is 51.4 Å². The third kappa shape index (κ3) is 12.6. The van der Waals surface area contributed by atoms with Gasteiger partial charge in [-0.2, -0.15) is 0 Å². The molecule has 31 heavy (non-hydrogen) atoms. The zero-order valence-corrected chi connectivity index (χ0v) is 20.7. The van der Waals surface area contributed by atoms with E-state index in [-0.39, 0.29) is 12.8 Å². The first kappa shape index (κ1) is 30.0. The third-order valence-corrected chi connectivity index (χ3v) is 7.48. The molecule has 0 aliphatic heterocycles. The number of rotatable bonds is 22. The maximum absolute atomic E-state index is 12.2. The molecule has 0 rings (SSSR count). The average molecular weight is 461 g/mol. The minimum Gasteiger partial charge on any atom is -0.595 e. The van der Waals surface area contributed by atoms with Crippen molar-refractivity contribution in [2.75, 3.05) is 0 Å². The summed E-state index contributed by atoms with van der Waals surface area (Å²) in [5.41, 5.74) is -3.60. The fraction of sp³-hybridized carbons (Fsp3) is 0.917. The van der Waals surface area contributed by atoms with E-state index in [4.69, 9.17) is 0 Å². The predicted molar refractivity (Wildman–Crippen MR) is 124 cm³/mol. The second kappa shape index (κ2) is 18.6. The maximum Gasteiger partial charge on any atom is 0.356 e. The normalized spacial score (nSPS) is 13.2. The van der Waals surface area contributed by atoms with Gasteiger partial charge < -0.3 is 15.1 Å². The molecule has 2 unspecified atom stereocenters. The second-order valence-electron chi connectivity index (χ2n) is 8.94. The molecule has 182 valence electrons. The fourth-order valence-electron chi connectivity index (χ4n) is 4.41. The van der Waals surface area contributed by atoms with Gasteiger partial charge in [-0.1, -0.05) is 121 Å². The molecule has 0 aromatic rings.